The molecular weight excluding hydrogens is 228 g/mol. The molecule has 1 aromatic rings. The smallest absolute Gasteiger partial charge is 0.254 e. The number of aryl methyl sites for hydroxylation is 2. The second kappa shape index (κ2) is 5.57. The Bertz CT molecular complexity index is 417. The number of nitrogens with one attached hydrogen (secondary N) is 1. The van der Waals surface area contributed by atoms with Gasteiger partial charge < -0.3 is 14.6 Å². The summed E-state index contributed by atoms with van der Waals surface area (Å²) in [6, 6.07) is 1.80. The fourth-order valence-corrected chi connectivity index (χ4v) is 2.45. The van der Waals surface area contributed by atoms with Crippen LogP contribution in [0.4, 0.5) is 0 Å². The summed E-state index contributed by atoms with van der Waals surface area (Å²) in [7, 11) is 2.15. The van der Waals surface area contributed by atoms with Gasteiger partial charge in [-0.25, -0.2) is 0 Å². The van der Waals surface area contributed by atoms with E-state index < -0.39 is 0 Å². The van der Waals surface area contributed by atoms with E-state index in [9.17, 15) is 4.79 Å². The van der Waals surface area contributed by atoms with Gasteiger partial charge in [0, 0.05) is 6.54 Å². The Labute approximate surface area is 108 Å². The zero-order valence-electron chi connectivity index (χ0n) is 11.5. The van der Waals surface area contributed by atoms with E-state index in [1.807, 2.05) is 13.8 Å². The van der Waals surface area contributed by atoms with Gasteiger partial charge in [-0.3, -0.25) is 4.79 Å². The summed E-state index contributed by atoms with van der Waals surface area (Å²) >= 11 is 0. The fourth-order valence-electron chi connectivity index (χ4n) is 2.45. The minimum Gasteiger partial charge on any atom is -0.466 e. The molecule has 1 aliphatic rings. The van der Waals surface area contributed by atoms with Crippen LogP contribution >= 0.6 is 0 Å². The summed E-state index contributed by atoms with van der Waals surface area (Å²) in [5.74, 6) is 2.09. The van der Waals surface area contributed by atoms with Crippen molar-refractivity contribution in [1.29, 1.82) is 0 Å². The number of likely N-dealkylation sites (tertiary alicyclic amines) is 1. The van der Waals surface area contributed by atoms with Crippen LogP contribution in [0.1, 0.15) is 34.7 Å². The number of hydrogen-bond acceptors (Lipinski definition) is 3. The maximum absolute atomic E-state index is 12.0. The molecule has 0 unspecified atom stereocenters. The van der Waals surface area contributed by atoms with Crippen LogP contribution in [0.25, 0.3) is 0 Å². The first-order valence-corrected chi connectivity index (χ1v) is 6.60. The second-order valence-corrected chi connectivity index (χ2v) is 5.28. The lowest BCUT2D eigenvalue weighted by Gasteiger charge is -2.28. The molecule has 18 heavy (non-hydrogen) atoms. The van der Waals surface area contributed by atoms with Crippen molar-refractivity contribution in [2.24, 2.45) is 5.92 Å². The number of piperidine rings is 1. The first-order chi connectivity index (χ1) is 8.56. The second-order valence-electron chi connectivity index (χ2n) is 5.28. The number of carbonyl (C=O) groups is 1. The molecule has 2 rings (SSSR count). The van der Waals surface area contributed by atoms with Crippen LogP contribution in [0.15, 0.2) is 10.5 Å². The van der Waals surface area contributed by atoms with Gasteiger partial charge in [-0.1, -0.05) is 0 Å². The summed E-state index contributed by atoms with van der Waals surface area (Å²) in [6.45, 7) is 6.73. The van der Waals surface area contributed by atoms with E-state index in [0.29, 0.717) is 17.2 Å². The minimum absolute atomic E-state index is 0.0109. The van der Waals surface area contributed by atoms with Gasteiger partial charge in [-0.15, -0.1) is 0 Å². The normalized spacial score (nSPS) is 17.9. The molecule has 4 nitrogen and oxygen atoms in total. The van der Waals surface area contributed by atoms with E-state index in [4.69, 9.17) is 4.42 Å². The number of amides is 1. The monoisotopic (exact) mass is 250 g/mol. The average molecular weight is 250 g/mol. The molecule has 0 atom stereocenters. The minimum atomic E-state index is -0.0109. The topological polar surface area (TPSA) is 45.5 Å². The van der Waals surface area contributed by atoms with Crippen molar-refractivity contribution in [3.63, 3.8) is 0 Å². The highest BCUT2D eigenvalue weighted by molar-refractivity contribution is 5.95. The van der Waals surface area contributed by atoms with Crippen LogP contribution < -0.4 is 5.32 Å². The van der Waals surface area contributed by atoms with Crippen LogP contribution in [-0.2, 0) is 0 Å². The zero-order chi connectivity index (χ0) is 13.1. The SMILES string of the molecule is Cc1cc(C(=O)NCC2CCN(C)CC2)c(C)o1. The predicted octanol–water partition coefficient (Wildman–Crippen LogP) is 1.97. The van der Waals surface area contributed by atoms with Crippen molar-refractivity contribution in [1.82, 2.24) is 10.2 Å². The van der Waals surface area contributed by atoms with E-state index >= 15 is 0 Å². The number of rotatable bonds is 3. The van der Waals surface area contributed by atoms with Gasteiger partial charge in [0.05, 0.1) is 5.56 Å². The Morgan fingerprint density at radius 2 is 2.11 bits per heavy atom. The van der Waals surface area contributed by atoms with Crippen molar-refractivity contribution in [3.8, 4) is 0 Å². The molecule has 4 heteroatoms. The molecule has 1 aliphatic heterocycles. The molecule has 1 N–H and O–H groups in total. The lowest BCUT2D eigenvalue weighted by molar-refractivity contribution is 0.0937. The van der Waals surface area contributed by atoms with Crippen LogP contribution in [-0.4, -0.2) is 37.5 Å². The zero-order valence-corrected chi connectivity index (χ0v) is 11.5. The molecule has 100 valence electrons. The van der Waals surface area contributed by atoms with Gasteiger partial charge in [-0.05, 0) is 58.8 Å². The van der Waals surface area contributed by atoms with Crippen LogP contribution in [0, 0.1) is 19.8 Å². The van der Waals surface area contributed by atoms with Gasteiger partial charge in [-0.2, -0.15) is 0 Å². The molecule has 0 spiro atoms. The fraction of sp³-hybridized carbons (Fsp3) is 0.643. The highest BCUT2D eigenvalue weighted by Crippen LogP contribution is 2.16. The maximum atomic E-state index is 12.0. The van der Waals surface area contributed by atoms with Crippen LogP contribution in [0.3, 0.4) is 0 Å². The van der Waals surface area contributed by atoms with Gasteiger partial charge >= 0.3 is 0 Å². The van der Waals surface area contributed by atoms with E-state index in [2.05, 4.69) is 17.3 Å². The summed E-state index contributed by atoms with van der Waals surface area (Å²) in [5, 5.41) is 3.02. The van der Waals surface area contributed by atoms with Gasteiger partial charge in [0.1, 0.15) is 11.5 Å². The van der Waals surface area contributed by atoms with E-state index in [1.54, 1.807) is 6.07 Å². The number of nitrogens with zero attached hydrogens (tertiary/aromatic N) is 1. The van der Waals surface area contributed by atoms with Crippen molar-refractivity contribution in [3.05, 3.63) is 23.2 Å². The number of hydrogen-bond donors (Lipinski definition) is 1. The van der Waals surface area contributed by atoms with Crippen LogP contribution in [0.5, 0.6) is 0 Å². The molecule has 1 amide bonds. The molecular formula is C14H22N2O2. The summed E-state index contributed by atoms with van der Waals surface area (Å²) in [5.41, 5.74) is 0.667. The first-order valence-electron chi connectivity index (χ1n) is 6.60. The van der Waals surface area contributed by atoms with Gasteiger partial charge in [0.15, 0.2) is 0 Å². The lowest BCUT2D eigenvalue weighted by atomic mass is 9.97. The first kappa shape index (κ1) is 13.1. The van der Waals surface area contributed by atoms with Crippen molar-refractivity contribution in [2.45, 2.75) is 26.7 Å². The highest BCUT2D eigenvalue weighted by atomic mass is 16.3. The molecule has 0 aliphatic carbocycles. The van der Waals surface area contributed by atoms with Crippen molar-refractivity contribution in [2.75, 3.05) is 26.7 Å². The Morgan fingerprint density at radius 3 is 2.67 bits per heavy atom. The van der Waals surface area contributed by atoms with E-state index in [0.717, 1.165) is 25.4 Å². The van der Waals surface area contributed by atoms with E-state index in [1.165, 1.54) is 12.8 Å². The highest BCUT2D eigenvalue weighted by Gasteiger charge is 2.19. The Kier molecular flexibility index (Phi) is 4.07. The third kappa shape index (κ3) is 3.13. The Balaban J connectivity index is 1.83. The van der Waals surface area contributed by atoms with Gasteiger partial charge in [0.2, 0.25) is 0 Å². The molecule has 0 radical (unpaired) electrons. The molecule has 0 aromatic carbocycles. The summed E-state index contributed by atoms with van der Waals surface area (Å²) in [6.07, 6.45) is 2.33. The standard InChI is InChI=1S/C14H22N2O2/c1-10-8-13(11(2)18-10)14(17)15-9-12-4-6-16(3)7-5-12/h8,12H,4-7,9H2,1-3H3,(H,15,17). The lowest BCUT2D eigenvalue weighted by Crippen LogP contribution is -2.36. The van der Waals surface area contributed by atoms with Gasteiger partial charge in [0.25, 0.3) is 5.91 Å². The maximum Gasteiger partial charge on any atom is 0.254 e. The number of carbonyl (C=O) groups excluding carboxylic acids is 1. The average Bonchev–Trinajstić information content (AvgIpc) is 2.67. The molecule has 2 heterocycles. The molecule has 1 aromatic heterocycles. The Hall–Kier alpha value is -1.29. The summed E-state index contributed by atoms with van der Waals surface area (Å²) in [4.78, 5) is 14.3. The third-order valence-corrected chi connectivity index (χ3v) is 3.68. The molecule has 0 bridgehead atoms. The number of furan rings is 1. The molecule has 1 saturated heterocycles. The third-order valence-electron chi connectivity index (χ3n) is 3.68. The largest absolute Gasteiger partial charge is 0.466 e. The Morgan fingerprint density at radius 1 is 1.44 bits per heavy atom. The van der Waals surface area contributed by atoms with Crippen molar-refractivity contribution < 1.29 is 9.21 Å². The quantitative estimate of drug-likeness (QED) is 0.892. The molecule has 1 fully saturated rings. The molecule has 0 saturated carbocycles. The van der Waals surface area contributed by atoms with E-state index in [-0.39, 0.29) is 5.91 Å². The van der Waals surface area contributed by atoms with Crippen LogP contribution in [0.2, 0.25) is 0 Å². The predicted molar refractivity (Wildman–Crippen MR) is 70.7 cm³/mol. The summed E-state index contributed by atoms with van der Waals surface area (Å²) < 4.78 is 5.37. The van der Waals surface area contributed by atoms with Crippen molar-refractivity contribution >= 4 is 5.91 Å².